The first-order valence-electron chi connectivity index (χ1n) is 6.55. The van der Waals surface area contributed by atoms with Gasteiger partial charge >= 0.3 is 0 Å². The van der Waals surface area contributed by atoms with Crippen LogP contribution in [0.5, 0.6) is 5.75 Å². The van der Waals surface area contributed by atoms with Crippen molar-refractivity contribution in [1.29, 1.82) is 0 Å². The number of phenolic OH excluding ortho intramolecular Hbond substituents is 1. The van der Waals surface area contributed by atoms with Crippen molar-refractivity contribution in [1.82, 2.24) is 10.2 Å². The molecule has 0 aromatic heterocycles. The van der Waals surface area contributed by atoms with Crippen LogP contribution in [0.4, 0.5) is 0 Å². The summed E-state index contributed by atoms with van der Waals surface area (Å²) in [4.78, 5) is 2.43. The van der Waals surface area contributed by atoms with E-state index in [9.17, 15) is 5.11 Å². The van der Waals surface area contributed by atoms with Crippen LogP contribution in [0.1, 0.15) is 24.8 Å². The lowest BCUT2D eigenvalue weighted by Crippen LogP contribution is -2.42. The summed E-state index contributed by atoms with van der Waals surface area (Å²) >= 11 is 5.88. The minimum atomic E-state index is 0.146. The minimum Gasteiger partial charge on any atom is -0.506 e. The van der Waals surface area contributed by atoms with Crippen LogP contribution in [0.2, 0.25) is 5.02 Å². The van der Waals surface area contributed by atoms with Crippen LogP contribution in [0.25, 0.3) is 0 Å². The fourth-order valence-corrected chi connectivity index (χ4v) is 2.65. The molecule has 1 aliphatic rings. The summed E-state index contributed by atoms with van der Waals surface area (Å²) in [5.74, 6) is 0.146. The van der Waals surface area contributed by atoms with E-state index in [-0.39, 0.29) is 5.75 Å². The first-order chi connectivity index (χ1) is 8.66. The van der Waals surface area contributed by atoms with Gasteiger partial charge < -0.3 is 15.3 Å². The van der Waals surface area contributed by atoms with Crippen LogP contribution in [0.15, 0.2) is 18.2 Å². The lowest BCUT2D eigenvalue weighted by atomic mass is 10.0. The first-order valence-corrected chi connectivity index (χ1v) is 6.93. The predicted molar refractivity (Wildman–Crippen MR) is 75.1 cm³/mol. The van der Waals surface area contributed by atoms with Gasteiger partial charge in [0.25, 0.3) is 0 Å². The highest BCUT2D eigenvalue weighted by Crippen LogP contribution is 2.23. The number of phenols is 1. The molecule has 0 bridgehead atoms. The van der Waals surface area contributed by atoms with E-state index in [2.05, 4.69) is 17.3 Å². The summed E-state index contributed by atoms with van der Waals surface area (Å²) in [7, 11) is 2.20. The number of likely N-dealkylation sites (N-methyl/N-ethyl adjacent to an activating group) is 1. The quantitative estimate of drug-likeness (QED) is 0.881. The molecule has 0 radical (unpaired) electrons. The zero-order valence-electron chi connectivity index (χ0n) is 10.8. The van der Waals surface area contributed by atoms with Crippen molar-refractivity contribution in [3.05, 3.63) is 28.8 Å². The summed E-state index contributed by atoms with van der Waals surface area (Å²) in [6.45, 7) is 3.01. The second-order valence-electron chi connectivity index (χ2n) is 5.05. The minimum absolute atomic E-state index is 0.146. The van der Waals surface area contributed by atoms with Crippen LogP contribution >= 0.6 is 11.6 Å². The fourth-order valence-electron chi connectivity index (χ4n) is 2.45. The molecule has 2 N–H and O–H groups in total. The molecule has 1 saturated heterocycles. The van der Waals surface area contributed by atoms with E-state index >= 15 is 0 Å². The molecule has 1 aromatic rings. The van der Waals surface area contributed by atoms with Gasteiger partial charge in [0.2, 0.25) is 0 Å². The molecule has 100 valence electrons. The van der Waals surface area contributed by atoms with Crippen LogP contribution < -0.4 is 5.32 Å². The van der Waals surface area contributed by atoms with Gasteiger partial charge in [0.15, 0.2) is 0 Å². The van der Waals surface area contributed by atoms with Crippen LogP contribution in [-0.2, 0) is 6.54 Å². The van der Waals surface area contributed by atoms with Gasteiger partial charge in [-0.2, -0.15) is 0 Å². The Hall–Kier alpha value is -0.770. The van der Waals surface area contributed by atoms with Crippen molar-refractivity contribution in [2.45, 2.75) is 31.8 Å². The Morgan fingerprint density at radius 3 is 3.00 bits per heavy atom. The van der Waals surface area contributed by atoms with E-state index in [1.165, 1.54) is 25.8 Å². The van der Waals surface area contributed by atoms with Gasteiger partial charge in [0.05, 0.1) is 5.02 Å². The Balaban J connectivity index is 1.79. The van der Waals surface area contributed by atoms with E-state index in [1.54, 1.807) is 6.07 Å². The van der Waals surface area contributed by atoms with E-state index in [0.717, 1.165) is 18.7 Å². The van der Waals surface area contributed by atoms with Gasteiger partial charge in [-0.05, 0) is 44.1 Å². The highest BCUT2D eigenvalue weighted by Gasteiger charge is 2.17. The number of hydrogen-bond donors (Lipinski definition) is 2. The largest absolute Gasteiger partial charge is 0.506 e. The molecule has 0 saturated carbocycles. The Morgan fingerprint density at radius 2 is 2.28 bits per heavy atom. The zero-order chi connectivity index (χ0) is 13.0. The van der Waals surface area contributed by atoms with Gasteiger partial charge in [0.1, 0.15) is 5.75 Å². The molecule has 1 unspecified atom stereocenters. The van der Waals surface area contributed by atoms with Crippen molar-refractivity contribution in [3.63, 3.8) is 0 Å². The third kappa shape index (κ3) is 3.61. The standard InChI is InChI=1S/C14H21ClN2O/c1-17-7-3-2-4-12(17)10-16-9-11-5-6-14(18)13(15)8-11/h5-6,8,12,16,18H,2-4,7,9-10H2,1H3. The van der Waals surface area contributed by atoms with Crippen molar-refractivity contribution in [2.75, 3.05) is 20.1 Å². The summed E-state index contributed by atoms with van der Waals surface area (Å²) in [6, 6.07) is 6.01. The average molecular weight is 269 g/mol. The Bertz CT molecular complexity index is 397. The number of nitrogens with one attached hydrogen (secondary N) is 1. The molecule has 0 spiro atoms. The lowest BCUT2D eigenvalue weighted by Gasteiger charge is -2.32. The molecule has 0 aliphatic carbocycles. The highest BCUT2D eigenvalue weighted by molar-refractivity contribution is 6.32. The third-order valence-corrected chi connectivity index (χ3v) is 3.95. The van der Waals surface area contributed by atoms with Gasteiger partial charge in [0, 0.05) is 19.1 Å². The smallest absolute Gasteiger partial charge is 0.134 e. The maximum Gasteiger partial charge on any atom is 0.134 e. The molecule has 4 heteroatoms. The topological polar surface area (TPSA) is 35.5 Å². The Labute approximate surface area is 114 Å². The molecular formula is C14H21ClN2O. The summed E-state index contributed by atoms with van der Waals surface area (Å²) in [5.41, 5.74) is 1.11. The van der Waals surface area contributed by atoms with Gasteiger partial charge in [-0.1, -0.05) is 24.1 Å². The SMILES string of the molecule is CN1CCCCC1CNCc1ccc(O)c(Cl)c1. The van der Waals surface area contributed by atoms with Crippen LogP contribution in [0.3, 0.4) is 0 Å². The normalized spacial score (nSPS) is 21.1. The number of piperidine rings is 1. The van der Waals surface area contributed by atoms with E-state index < -0.39 is 0 Å². The molecule has 18 heavy (non-hydrogen) atoms. The third-order valence-electron chi connectivity index (χ3n) is 3.64. The number of benzene rings is 1. The fraction of sp³-hybridized carbons (Fsp3) is 0.571. The van der Waals surface area contributed by atoms with Crippen molar-refractivity contribution in [3.8, 4) is 5.75 Å². The predicted octanol–water partition coefficient (Wildman–Crippen LogP) is 2.62. The molecule has 3 nitrogen and oxygen atoms in total. The van der Waals surface area contributed by atoms with Crippen LogP contribution in [0, 0.1) is 0 Å². The maximum absolute atomic E-state index is 9.35. The van der Waals surface area contributed by atoms with Crippen molar-refractivity contribution >= 4 is 11.6 Å². The lowest BCUT2D eigenvalue weighted by molar-refractivity contribution is 0.181. The molecular weight excluding hydrogens is 248 g/mol. The number of rotatable bonds is 4. The van der Waals surface area contributed by atoms with E-state index in [0.29, 0.717) is 11.1 Å². The second kappa shape index (κ2) is 6.41. The summed E-state index contributed by atoms with van der Waals surface area (Å²) < 4.78 is 0. The maximum atomic E-state index is 9.35. The average Bonchev–Trinajstić information content (AvgIpc) is 2.36. The van der Waals surface area contributed by atoms with Crippen molar-refractivity contribution in [2.24, 2.45) is 0 Å². The van der Waals surface area contributed by atoms with Gasteiger partial charge in [-0.15, -0.1) is 0 Å². The highest BCUT2D eigenvalue weighted by atomic mass is 35.5. The number of nitrogens with zero attached hydrogens (tertiary/aromatic N) is 1. The number of aromatic hydroxyl groups is 1. The zero-order valence-corrected chi connectivity index (χ0v) is 11.6. The number of halogens is 1. The molecule has 1 aliphatic heterocycles. The van der Waals surface area contributed by atoms with Gasteiger partial charge in [-0.25, -0.2) is 0 Å². The second-order valence-corrected chi connectivity index (χ2v) is 5.45. The molecule has 0 amide bonds. The summed E-state index contributed by atoms with van der Waals surface area (Å²) in [5, 5.41) is 13.2. The summed E-state index contributed by atoms with van der Waals surface area (Å²) in [6.07, 6.45) is 3.93. The molecule has 1 fully saturated rings. The van der Waals surface area contributed by atoms with Gasteiger partial charge in [-0.3, -0.25) is 0 Å². The van der Waals surface area contributed by atoms with E-state index in [1.807, 2.05) is 12.1 Å². The van der Waals surface area contributed by atoms with Crippen LogP contribution in [-0.4, -0.2) is 36.2 Å². The number of hydrogen-bond acceptors (Lipinski definition) is 3. The molecule has 1 aromatic carbocycles. The van der Waals surface area contributed by atoms with Crippen molar-refractivity contribution < 1.29 is 5.11 Å². The number of likely N-dealkylation sites (tertiary alicyclic amines) is 1. The Morgan fingerprint density at radius 1 is 1.44 bits per heavy atom. The monoisotopic (exact) mass is 268 g/mol. The molecule has 1 heterocycles. The van der Waals surface area contributed by atoms with E-state index in [4.69, 9.17) is 11.6 Å². The first kappa shape index (κ1) is 13.7. The Kier molecular flexibility index (Phi) is 4.87. The molecule has 1 atom stereocenters. The molecule has 2 rings (SSSR count).